The van der Waals surface area contributed by atoms with E-state index in [1.54, 1.807) is 0 Å². The van der Waals surface area contributed by atoms with Gasteiger partial charge in [0, 0.05) is 27.2 Å². The third-order valence-corrected chi connectivity index (χ3v) is 4.08. The number of carbonyl (C=O) groups excluding carboxylic acids is 1. The van der Waals surface area contributed by atoms with Crippen molar-refractivity contribution in [3.63, 3.8) is 0 Å². The molecule has 0 fully saturated rings. The van der Waals surface area contributed by atoms with Crippen molar-refractivity contribution in [3.8, 4) is 11.1 Å². The molecule has 0 atom stereocenters. The summed E-state index contributed by atoms with van der Waals surface area (Å²) in [6.07, 6.45) is 0.809. The van der Waals surface area contributed by atoms with Crippen LogP contribution in [0.3, 0.4) is 0 Å². The first kappa shape index (κ1) is 14.7. The van der Waals surface area contributed by atoms with E-state index in [1.807, 2.05) is 41.0 Å². The highest BCUT2D eigenvalue weighted by Gasteiger charge is 2.18. The largest absolute Gasteiger partial charge is 0.368 e. The summed E-state index contributed by atoms with van der Waals surface area (Å²) in [4.78, 5) is 11.5. The van der Waals surface area contributed by atoms with Crippen LogP contribution in [0.15, 0.2) is 48.5 Å². The van der Waals surface area contributed by atoms with Crippen LogP contribution in [-0.4, -0.2) is 10.5 Å². The summed E-state index contributed by atoms with van der Waals surface area (Å²) in [7, 11) is 0. The molecule has 1 aromatic heterocycles. The third kappa shape index (κ3) is 2.48. The molecule has 0 aliphatic carbocycles. The van der Waals surface area contributed by atoms with E-state index in [2.05, 4.69) is 19.1 Å². The van der Waals surface area contributed by atoms with Crippen LogP contribution in [-0.2, 0) is 17.8 Å². The fraction of sp³-hybridized carbons (Fsp3) is 0.167. The van der Waals surface area contributed by atoms with E-state index in [0.29, 0.717) is 5.02 Å². The number of benzene rings is 2. The first-order valence-electron chi connectivity index (χ1n) is 7.26. The molecule has 3 rings (SSSR count). The van der Waals surface area contributed by atoms with Crippen LogP contribution in [0, 0.1) is 0 Å². The maximum absolute atomic E-state index is 11.5. The number of halogens is 1. The zero-order valence-corrected chi connectivity index (χ0v) is 13.1. The van der Waals surface area contributed by atoms with Gasteiger partial charge in [0.25, 0.3) is 0 Å². The number of nitrogens with two attached hydrogens (primary N) is 1. The fourth-order valence-corrected chi connectivity index (χ4v) is 3.18. The van der Waals surface area contributed by atoms with Crippen molar-refractivity contribution < 1.29 is 4.79 Å². The maximum Gasteiger partial charge on any atom is 0.237 e. The predicted octanol–water partition coefficient (Wildman–Crippen LogP) is 4.01. The second kappa shape index (κ2) is 5.85. The Bertz CT molecular complexity index is 837. The van der Waals surface area contributed by atoms with Gasteiger partial charge in [-0.1, -0.05) is 48.9 Å². The van der Waals surface area contributed by atoms with E-state index in [1.165, 1.54) is 0 Å². The Balaban J connectivity index is 2.38. The minimum atomic E-state index is -0.346. The molecule has 22 heavy (non-hydrogen) atoms. The topological polar surface area (TPSA) is 48.0 Å². The van der Waals surface area contributed by atoms with Gasteiger partial charge in [-0.15, -0.1) is 0 Å². The molecular weight excluding hydrogens is 296 g/mol. The van der Waals surface area contributed by atoms with Crippen LogP contribution >= 0.6 is 11.6 Å². The van der Waals surface area contributed by atoms with Gasteiger partial charge in [0.15, 0.2) is 0 Å². The average molecular weight is 313 g/mol. The average Bonchev–Trinajstić information content (AvgIpc) is 2.80. The maximum atomic E-state index is 11.5. The van der Waals surface area contributed by atoms with Gasteiger partial charge in [0.1, 0.15) is 6.54 Å². The predicted molar refractivity (Wildman–Crippen MR) is 91.0 cm³/mol. The first-order valence-corrected chi connectivity index (χ1v) is 7.64. The van der Waals surface area contributed by atoms with Crippen LogP contribution in [0.1, 0.15) is 12.6 Å². The summed E-state index contributed by atoms with van der Waals surface area (Å²) in [6, 6.07) is 15.9. The Morgan fingerprint density at radius 2 is 1.91 bits per heavy atom. The molecule has 3 aromatic rings. The van der Waals surface area contributed by atoms with Crippen molar-refractivity contribution in [2.75, 3.05) is 0 Å². The Hall–Kier alpha value is -2.26. The van der Waals surface area contributed by atoms with Crippen LogP contribution < -0.4 is 5.73 Å². The lowest BCUT2D eigenvalue weighted by Crippen LogP contribution is -2.19. The van der Waals surface area contributed by atoms with Crippen molar-refractivity contribution in [3.05, 3.63) is 59.2 Å². The lowest BCUT2D eigenvalue weighted by atomic mass is 10.0. The second-order valence-electron chi connectivity index (χ2n) is 5.26. The van der Waals surface area contributed by atoms with Crippen molar-refractivity contribution in [2.24, 2.45) is 5.73 Å². The lowest BCUT2D eigenvalue weighted by molar-refractivity contribution is -0.118. The minimum Gasteiger partial charge on any atom is -0.368 e. The number of aromatic nitrogens is 1. The van der Waals surface area contributed by atoms with Gasteiger partial charge >= 0.3 is 0 Å². The summed E-state index contributed by atoms with van der Waals surface area (Å²) in [6.45, 7) is 2.26. The molecule has 0 saturated carbocycles. The van der Waals surface area contributed by atoms with Crippen LogP contribution in [0.5, 0.6) is 0 Å². The minimum absolute atomic E-state index is 0.175. The summed E-state index contributed by atoms with van der Waals surface area (Å²) in [5, 5.41) is 1.74. The molecule has 2 aromatic carbocycles. The summed E-state index contributed by atoms with van der Waals surface area (Å²) < 4.78 is 2.00. The number of nitrogens with zero attached hydrogens (tertiary/aromatic N) is 1. The molecule has 0 radical (unpaired) electrons. The number of fused-ring (bicyclic) bond motifs is 1. The molecule has 1 amide bonds. The van der Waals surface area contributed by atoms with Gasteiger partial charge in [-0.3, -0.25) is 4.79 Å². The van der Waals surface area contributed by atoms with Crippen LogP contribution in [0.2, 0.25) is 5.02 Å². The van der Waals surface area contributed by atoms with Gasteiger partial charge in [0.05, 0.1) is 0 Å². The number of primary amides is 1. The van der Waals surface area contributed by atoms with Crippen molar-refractivity contribution >= 4 is 28.4 Å². The van der Waals surface area contributed by atoms with Crippen molar-refractivity contribution in [1.82, 2.24) is 4.57 Å². The van der Waals surface area contributed by atoms with E-state index in [4.69, 9.17) is 17.3 Å². The van der Waals surface area contributed by atoms with Gasteiger partial charge in [-0.2, -0.15) is 0 Å². The Kier molecular flexibility index (Phi) is 3.90. The quantitative estimate of drug-likeness (QED) is 0.777. The Morgan fingerprint density at radius 1 is 1.18 bits per heavy atom. The smallest absolute Gasteiger partial charge is 0.237 e. The SMILES string of the molecule is CCc1c(-c2ccccc2)c2cc(Cl)ccc2n1CC(N)=O. The summed E-state index contributed by atoms with van der Waals surface area (Å²) >= 11 is 6.19. The summed E-state index contributed by atoms with van der Waals surface area (Å²) in [5.74, 6) is -0.346. The van der Waals surface area contributed by atoms with E-state index in [9.17, 15) is 4.79 Å². The van der Waals surface area contributed by atoms with Gasteiger partial charge in [-0.25, -0.2) is 0 Å². The second-order valence-corrected chi connectivity index (χ2v) is 5.69. The van der Waals surface area contributed by atoms with Crippen LogP contribution in [0.25, 0.3) is 22.0 Å². The molecule has 2 N–H and O–H groups in total. The molecule has 112 valence electrons. The number of hydrogen-bond donors (Lipinski definition) is 1. The Labute approximate surface area is 134 Å². The molecule has 0 bridgehead atoms. The summed E-state index contributed by atoms with van der Waals surface area (Å²) in [5.41, 5.74) is 9.76. The molecule has 0 spiro atoms. The molecule has 0 aliphatic rings. The molecule has 0 unspecified atom stereocenters. The molecule has 1 heterocycles. The van der Waals surface area contributed by atoms with Crippen LogP contribution in [0.4, 0.5) is 0 Å². The lowest BCUT2D eigenvalue weighted by Gasteiger charge is -2.09. The molecule has 3 nitrogen and oxygen atoms in total. The monoisotopic (exact) mass is 312 g/mol. The van der Waals surface area contributed by atoms with E-state index < -0.39 is 0 Å². The third-order valence-electron chi connectivity index (χ3n) is 3.84. The van der Waals surface area contributed by atoms with Gasteiger partial charge in [0.2, 0.25) is 5.91 Å². The highest BCUT2D eigenvalue weighted by Crippen LogP contribution is 2.36. The molecular formula is C18H17ClN2O. The highest BCUT2D eigenvalue weighted by atomic mass is 35.5. The van der Waals surface area contributed by atoms with Gasteiger partial charge < -0.3 is 10.3 Å². The van der Waals surface area contributed by atoms with Crippen molar-refractivity contribution in [1.29, 1.82) is 0 Å². The molecule has 0 aliphatic heterocycles. The normalized spacial score (nSPS) is 11.0. The molecule has 0 saturated heterocycles. The number of amides is 1. The highest BCUT2D eigenvalue weighted by molar-refractivity contribution is 6.31. The van der Waals surface area contributed by atoms with E-state index in [-0.39, 0.29) is 12.5 Å². The molecule has 4 heteroatoms. The zero-order chi connectivity index (χ0) is 15.7. The van der Waals surface area contributed by atoms with Gasteiger partial charge in [-0.05, 0) is 30.2 Å². The van der Waals surface area contributed by atoms with E-state index in [0.717, 1.165) is 34.1 Å². The first-order chi connectivity index (χ1) is 10.6. The fourth-order valence-electron chi connectivity index (χ4n) is 3.01. The number of carbonyl (C=O) groups is 1. The Morgan fingerprint density at radius 3 is 2.55 bits per heavy atom. The van der Waals surface area contributed by atoms with E-state index >= 15 is 0 Å². The number of hydrogen-bond acceptors (Lipinski definition) is 1. The number of rotatable bonds is 4. The standard InChI is InChI=1S/C18H17ClN2O/c1-2-15-18(12-6-4-3-5-7-12)14-10-13(19)8-9-16(14)21(15)11-17(20)22/h3-10H,2,11H2,1H3,(H2,20,22). The zero-order valence-electron chi connectivity index (χ0n) is 12.3. The van der Waals surface area contributed by atoms with Crippen molar-refractivity contribution in [2.45, 2.75) is 19.9 Å².